The fourth-order valence-corrected chi connectivity index (χ4v) is 3.19. The van der Waals surface area contributed by atoms with Crippen molar-refractivity contribution in [2.75, 3.05) is 18.0 Å². The molecule has 1 saturated heterocycles. The molecule has 0 aliphatic carbocycles. The number of para-hydroxylation sites is 1. The van der Waals surface area contributed by atoms with Gasteiger partial charge in [0.25, 0.3) is 5.69 Å². The molecule has 3 rings (SSSR count). The molecule has 1 N–H and O–H groups in total. The van der Waals surface area contributed by atoms with Crippen molar-refractivity contribution in [3.63, 3.8) is 0 Å². The number of nitrogens with zero attached hydrogens (tertiary/aromatic N) is 3. The van der Waals surface area contributed by atoms with E-state index in [1.165, 1.54) is 36.9 Å². The molecule has 1 amide bonds. The molecule has 7 nitrogen and oxygen atoms in total. The van der Waals surface area contributed by atoms with E-state index < -0.39 is 16.6 Å². The second kappa shape index (κ2) is 9.07. The molecule has 0 aromatic heterocycles. The van der Waals surface area contributed by atoms with Gasteiger partial charge in [-0.25, -0.2) is 9.82 Å². The molecule has 1 heterocycles. The number of halogens is 1. The molecular weight excluding hydrogens is 363 g/mol. The summed E-state index contributed by atoms with van der Waals surface area (Å²) in [6.45, 7) is 1.85. The van der Waals surface area contributed by atoms with Gasteiger partial charge in [-0.05, 0) is 37.5 Å². The summed E-state index contributed by atoms with van der Waals surface area (Å²) in [5.41, 5.74) is 3.55. The van der Waals surface area contributed by atoms with Crippen LogP contribution < -0.4 is 10.3 Å². The lowest BCUT2D eigenvalue weighted by Gasteiger charge is -2.28. The van der Waals surface area contributed by atoms with Crippen LogP contribution in [0.15, 0.2) is 47.6 Å². The molecule has 0 atom stereocenters. The van der Waals surface area contributed by atoms with Gasteiger partial charge in [-0.3, -0.25) is 14.9 Å². The SMILES string of the molecule is O=C(Cc1ccccc1[N+](=O)[O-])NN=Cc1ccc(N2CCCCC2)cc1F. The molecule has 0 spiro atoms. The number of nitrogens with one attached hydrogen (secondary N) is 1. The van der Waals surface area contributed by atoms with Crippen LogP contribution in [0.4, 0.5) is 15.8 Å². The van der Waals surface area contributed by atoms with Gasteiger partial charge in [-0.2, -0.15) is 5.10 Å². The maximum Gasteiger partial charge on any atom is 0.273 e. The number of rotatable bonds is 6. The average Bonchev–Trinajstić information content (AvgIpc) is 2.70. The van der Waals surface area contributed by atoms with E-state index in [0.717, 1.165) is 31.6 Å². The number of piperidine rings is 1. The number of benzene rings is 2. The third-order valence-electron chi connectivity index (χ3n) is 4.64. The molecule has 1 aliphatic heterocycles. The summed E-state index contributed by atoms with van der Waals surface area (Å²) in [5, 5.41) is 14.7. The van der Waals surface area contributed by atoms with Crippen LogP contribution in [0.3, 0.4) is 0 Å². The number of hydrazone groups is 1. The van der Waals surface area contributed by atoms with E-state index in [1.54, 1.807) is 12.1 Å². The molecule has 1 aliphatic rings. The zero-order chi connectivity index (χ0) is 19.9. The first kappa shape index (κ1) is 19.5. The number of anilines is 1. The largest absolute Gasteiger partial charge is 0.371 e. The van der Waals surface area contributed by atoms with Crippen LogP contribution in [0.5, 0.6) is 0 Å². The highest BCUT2D eigenvalue weighted by Crippen LogP contribution is 2.22. The highest BCUT2D eigenvalue weighted by molar-refractivity contribution is 5.84. The van der Waals surface area contributed by atoms with Crippen molar-refractivity contribution < 1.29 is 14.1 Å². The van der Waals surface area contributed by atoms with E-state index in [4.69, 9.17) is 0 Å². The molecule has 0 bridgehead atoms. The van der Waals surface area contributed by atoms with Gasteiger partial charge in [-0.15, -0.1) is 0 Å². The van der Waals surface area contributed by atoms with Crippen molar-refractivity contribution in [1.82, 2.24) is 5.43 Å². The number of nitro groups is 1. The fourth-order valence-electron chi connectivity index (χ4n) is 3.19. The highest BCUT2D eigenvalue weighted by atomic mass is 19.1. The molecule has 8 heteroatoms. The zero-order valence-corrected chi connectivity index (χ0v) is 15.3. The number of carbonyl (C=O) groups excluding carboxylic acids is 1. The summed E-state index contributed by atoms with van der Waals surface area (Å²) in [6.07, 6.45) is 4.46. The maximum absolute atomic E-state index is 14.3. The van der Waals surface area contributed by atoms with E-state index in [2.05, 4.69) is 15.4 Å². The van der Waals surface area contributed by atoms with Crippen LogP contribution in [0.25, 0.3) is 0 Å². The Morgan fingerprint density at radius 2 is 1.96 bits per heavy atom. The first-order valence-corrected chi connectivity index (χ1v) is 9.13. The monoisotopic (exact) mass is 384 g/mol. The third-order valence-corrected chi connectivity index (χ3v) is 4.64. The lowest BCUT2D eigenvalue weighted by atomic mass is 10.1. The summed E-state index contributed by atoms with van der Waals surface area (Å²) in [5.74, 6) is -0.935. The Morgan fingerprint density at radius 3 is 2.68 bits per heavy atom. The number of hydrogen-bond donors (Lipinski definition) is 1. The molecular formula is C20H21FN4O3. The summed E-state index contributed by atoms with van der Waals surface area (Å²) >= 11 is 0. The van der Waals surface area contributed by atoms with Gasteiger partial charge in [-0.1, -0.05) is 18.2 Å². The Hall–Kier alpha value is -3.29. The number of carbonyl (C=O) groups is 1. The number of nitro benzene ring substituents is 1. The fraction of sp³-hybridized carbons (Fsp3) is 0.300. The quantitative estimate of drug-likeness (QED) is 0.470. The van der Waals surface area contributed by atoms with Crippen molar-refractivity contribution in [2.24, 2.45) is 5.10 Å². The van der Waals surface area contributed by atoms with E-state index in [9.17, 15) is 19.3 Å². The maximum atomic E-state index is 14.3. The van der Waals surface area contributed by atoms with Crippen LogP contribution in [-0.2, 0) is 11.2 Å². The molecule has 0 saturated carbocycles. The second-order valence-electron chi connectivity index (χ2n) is 6.61. The Labute approximate surface area is 162 Å². The summed E-state index contributed by atoms with van der Waals surface area (Å²) in [7, 11) is 0. The van der Waals surface area contributed by atoms with E-state index >= 15 is 0 Å². The highest BCUT2D eigenvalue weighted by Gasteiger charge is 2.15. The van der Waals surface area contributed by atoms with Gasteiger partial charge in [0.1, 0.15) is 5.82 Å². The predicted molar refractivity (Wildman–Crippen MR) is 105 cm³/mol. The van der Waals surface area contributed by atoms with Crippen molar-refractivity contribution in [2.45, 2.75) is 25.7 Å². The Balaban J connectivity index is 1.60. The van der Waals surface area contributed by atoms with Gasteiger partial charge in [0.2, 0.25) is 5.91 Å². The van der Waals surface area contributed by atoms with Crippen LogP contribution in [0.1, 0.15) is 30.4 Å². The minimum atomic E-state index is -0.537. The van der Waals surface area contributed by atoms with Crippen molar-refractivity contribution in [3.05, 3.63) is 69.5 Å². The molecule has 2 aromatic carbocycles. The van der Waals surface area contributed by atoms with E-state index in [1.807, 2.05) is 6.07 Å². The van der Waals surface area contributed by atoms with Gasteiger partial charge in [0.15, 0.2) is 0 Å². The van der Waals surface area contributed by atoms with Crippen LogP contribution in [0, 0.1) is 15.9 Å². The van der Waals surface area contributed by atoms with E-state index in [0.29, 0.717) is 0 Å². The lowest BCUT2D eigenvalue weighted by molar-refractivity contribution is -0.385. The van der Waals surface area contributed by atoms with Crippen LogP contribution in [-0.4, -0.2) is 30.1 Å². The Morgan fingerprint density at radius 1 is 1.21 bits per heavy atom. The molecule has 2 aromatic rings. The Bertz CT molecular complexity index is 895. The third kappa shape index (κ3) is 4.91. The molecule has 0 radical (unpaired) electrons. The van der Waals surface area contributed by atoms with Gasteiger partial charge < -0.3 is 4.90 Å². The molecule has 1 fully saturated rings. The van der Waals surface area contributed by atoms with Gasteiger partial charge >= 0.3 is 0 Å². The zero-order valence-electron chi connectivity index (χ0n) is 15.3. The first-order valence-electron chi connectivity index (χ1n) is 9.13. The first-order chi connectivity index (χ1) is 13.5. The molecule has 146 valence electrons. The van der Waals surface area contributed by atoms with Crippen LogP contribution in [0.2, 0.25) is 0 Å². The van der Waals surface area contributed by atoms with Crippen LogP contribution >= 0.6 is 0 Å². The van der Waals surface area contributed by atoms with Gasteiger partial charge in [0, 0.05) is 36.0 Å². The normalized spacial score (nSPS) is 14.2. The lowest BCUT2D eigenvalue weighted by Crippen LogP contribution is -2.29. The predicted octanol–water partition coefficient (Wildman–Crippen LogP) is 3.42. The van der Waals surface area contributed by atoms with Crippen molar-refractivity contribution in [1.29, 1.82) is 0 Å². The summed E-state index contributed by atoms with van der Waals surface area (Å²) in [6, 6.07) is 10.9. The second-order valence-corrected chi connectivity index (χ2v) is 6.61. The standard InChI is InChI=1S/C20H21FN4O3/c21-18-13-17(24-10-4-1-5-11-24)9-8-16(18)14-22-23-20(26)12-15-6-2-3-7-19(15)25(27)28/h2-3,6-9,13-14H,1,4-5,10-12H2,(H,23,26). The van der Waals surface area contributed by atoms with Crippen molar-refractivity contribution >= 4 is 23.5 Å². The Kier molecular flexibility index (Phi) is 6.31. The minimum Gasteiger partial charge on any atom is -0.371 e. The smallest absolute Gasteiger partial charge is 0.273 e. The molecule has 0 unspecified atom stereocenters. The number of hydrogen-bond acceptors (Lipinski definition) is 5. The van der Waals surface area contributed by atoms with Gasteiger partial charge in [0.05, 0.1) is 17.6 Å². The molecule has 28 heavy (non-hydrogen) atoms. The summed E-state index contributed by atoms with van der Waals surface area (Å²) in [4.78, 5) is 24.6. The average molecular weight is 384 g/mol. The number of amides is 1. The van der Waals surface area contributed by atoms with E-state index in [-0.39, 0.29) is 23.2 Å². The minimum absolute atomic E-state index is 0.124. The van der Waals surface area contributed by atoms with Crippen molar-refractivity contribution in [3.8, 4) is 0 Å². The topological polar surface area (TPSA) is 87.8 Å². The summed E-state index contributed by atoms with van der Waals surface area (Å²) < 4.78 is 14.3.